The highest BCUT2D eigenvalue weighted by Crippen LogP contribution is 2.47. The molecule has 0 saturated carbocycles. The molecule has 0 spiro atoms. The van der Waals surface area contributed by atoms with Crippen LogP contribution in [0.2, 0.25) is 0 Å². The van der Waals surface area contributed by atoms with Crippen LogP contribution in [0.15, 0.2) is 109 Å². The van der Waals surface area contributed by atoms with Crippen LogP contribution < -0.4 is 0 Å². The maximum absolute atomic E-state index is 15.6. The molecule has 18 heteroatoms. The Morgan fingerprint density at radius 1 is 0.383 bits per heavy atom. The van der Waals surface area contributed by atoms with Crippen molar-refractivity contribution in [3.8, 4) is 28.6 Å². The van der Waals surface area contributed by atoms with Crippen molar-refractivity contribution in [2.75, 3.05) is 0 Å². The number of benzene rings is 6. The second kappa shape index (κ2) is 13.2. The van der Waals surface area contributed by atoms with Gasteiger partial charge in [0, 0.05) is 27.1 Å². The Hall–Kier alpha value is -6.64. The van der Waals surface area contributed by atoms with E-state index in [-0.39, 0.29) is 32.7 Å². The highest BCUT2D eigenvalue weighted by Gasteiger charge is 2.39. The molecule has 0 bridgehead atoms. The molecule has 0 amide bonds. The maximum Gasteiger partial charge on any atom is 0.418 e. The summed E-state index contributed by atoms with van der Waals surface area (Å²) in [5, 5.41) is 9.09. The molecule has 60 heavy (non-hydrogen) atoms. The summed E-state index contributed by atoms with van der Waals surface area (Å²) >= 11 is 0. The molecule has 0 N–H and O–H groups in total. The second-order valence-electron chi connectivity index (χ2n) is 13.7. The van der Waals surface area contributed by atoms with Crippen molar-refractivity contribution < 1.29 is 65.9 Å². The summed E-state index contributed by atoms with van der Waals surface area (Å²) in [7, 11) is 0. The molecule has 0 unspecified atom stereocenters. The molecule has 0 atom stereocenters. The fourth-order valence-corrected chi connectivity index (χ4v) is 7.42. The molecule has 306 valence electrons. The van der Waals surface area contributed by atoms with Gasteiger partial charge >= 0.3 is 30.9 Å². The topological polar surface area (TPSA) is 33.6 Å². The van der Waals surface area contributed by atoms with Crippen LogP contribution in [0.3, 0.4) is 0 Å². The number of nitriles is 1. The SMILES string of the molecule is N#Cc1cccc(-c2cc(-n3c4cc(C(F)(F)F)ccc4c4ccc(C(F)(F)F)cc43)c(C(F)(F)F)cc2-n2c3cc(C(F)(F)F)ccc3c3ccc(C(F)(F)F)cc32)c1. The van der Waals surface area contributed by atoms with Crippen molar-refractivity contribution in [1.82, 2.24) is 9.13 Å². The fraction of sp³-hybridized carbons (Fsp3) is 0.119. The Kier molecular flexibility index (Phi) is 8.82. The first-order chi connectivity index (χ1) is 27.9. The molecule has 2 aromatic heterocycles. The van der Waals surface area contributed by atoms with Gasteiger partial charge in [-0.3, -0.25) is 0 Å². The van der Waals surface area contributed by atoms with Crippen molar-refractivity contribution in [2.45, 2.75) is 30.9 Å². The summed E-state index contributed by atoms with van der Waals surface area (Å²) in [6, 6.07) is 15.7. The standard InChI is InChI=1S/C42H18F15N3/c43-38(44,45)22-4-8-26-27-9-5-23(39(46,47)48)14-33(27)59(32(26)13-22)36-18-31(42(55,56)57)37(17-30(36)21-3-1-2-20(12-21)19-58)60-34-15-24(40(49,50)51)6-10-28(34)29-11-7-25(16-35(29)60)41(52,53)54/h1-18H. The van der Waals surface area contributed by atoms with Gasteiger partial charge in [-0.1, -0.05) is 36.4 Å². The lowest BCUT2D eigenvalue weighted by Gasteiger charge is -2.22. The number of rotatable bonds is 3. The molecule has 0 saturated heterocycles. The molecule has 8 rings (SSSR count). The number of halogens is 15. The molecular formula is C42H18F15N3. The van der Waals surface area contributed by atoms with Gasteiger partial charge in [-0.05, 0) is 78.4 Å². The molecule has 0 radical (unpaired) electrons. The zero-order valence-corrected chi connectivity index (χ0v) is 29.4. The van der Waals surface area contributed by atoms with Gasteiger partial charge in [-0.15, -0.1) is 0 Å². The Balaban J connectivity index is 1.61. The Morgan fingerprint density at radius 2 is 0.750 bits per heavy atom. The van der Waals surface area contributed by atoms with Crippen LogP contribution in [0.5, 0.6) is 0 Å². The lowest BCUT2D eigenvalue weighted by Crippen LogP contribution is -2.14. The van der Waals surface area contributed by atoms with Crippen LogP contribution in [0.25, 0.3) is 66.1 Å². The van der Waals surface area contributed by atoms with Gasteiger partial charge in [0.15, 0.2) is 0 Å². The predicted octanol–water partition coefficient (Wildman–Crippen LogP) is 14.5. The minimum absolute atomic E-state index is 0.122. The first-order valence-electron chi connectivity index (χ1n) is 17.1. The van der Waals surface area contributed by atoms with E-state index in [1.54, 1.807) is 0 Å². The highest BCUT2D eigenvalue weighted by molar-refractivity contribution is 6.11. The van der Waals surface area contributed by atoms with E-state index < -0.39 is 97.7 Å². The molecule has 0 aliphatic rings. The number of hydrogen-bond donors (Lipinski definition) is 0. The van der Waals surface area contributed by atoms with Crippen LogP contribution in [-0.2, 0) is 30.9 Å². The molecule has 0 aliphatic heterocycles. The molecule has 3 nitrogen and oxygen atoms in total. The molecule has 2 heterocycles. The molecular weight excluding hydrogens is 831 g/mol. The zero-order chi connectivity index (χ0) is 43.5. The van der Waals surface area contributed by atoms with Gasteiger partial charge in [0.25, 0.3) is 0 Å². The first kappa shape index (κ1) is 40.2. The van der Waals surface area contributed by atoms with Gasteiger partial charge in [0.1, 0.15) is 0 Å². The summed E-state index contributed by atoms with van der Waals surface area (Å²) in [5.74, 6) is 0. The Bertz CT molecular complexity index is 2950. The van der Waals surface area contributed by atoms with Crippen LogP contribution in [-0.4, -0.2) is 9.13 Å². The van der Waals surface area contributed by atoms with E-state index in [2.05, 4.69) is 0 Å². The largest absolute Gasteiger partial charge is 0.418 e. The first-order valence-corrected chi connectivity index (χ1v) is 17.1. The van der Waals surface area contributed by atoms with E-state index in [0.717, 1.165) is 34.9 Å². The highest BCUT2D eigenvalue weighted by atomic mass is 19.4. The maximum atomic E-state index is 15.6. The summed E-state index contributed by atoms with van der Waals surface area (Å²) in [5.41, 5.74) is -11.9. The van der Waals surface area contributed by atoms with Crippen LogP contribution >= 0.6 is 0 Å². The summed E-state index contributed by atoms with van der Waals surface area (Å²) in [6.45, 7) is 0. The third kappa shape index (κ3) is 6.71. The van der Waals surface area contributed by atoms with Crippen molar-refractivity contribution in [2.24, 2.45) is 0 Å². The number of hydrogen-bond acceptors (Lipinski definition) is 1. The fourth-order valence-electron chi connectivity index (χ4n) is 7.42. The van der Waals surface area contributed by atoms with E-state index in [0.29, 0.717) is 65.2 Å². The van der Waals surface area contributed by atoms with Gasteiger partial charge in [-0.2, -0.15) is 71.1 Å². The van der Waals surface area contributed by atoms with Gasteiger partial charge in [0.05, 0.1) is 72.9 Å². The summed E-state index contributed by atoms with van der Waals surface area (Å²) < 4.78 is 218. The monoisotopic (exact) mass is 849 g/mol. The number of nitrogens with zero attached hydrogens (tertiary/aromatic N) is 3. The third-order valence-corrected chi connectivity index (χ3v) is 10.0. The minimum Gasteiger partial charge on any atom is -0.309 e. The number of aromatic nitrogens is 2. The van der Waals surface area contributed by atoms with E-state index in [9.17, 15) is 57.9 Å². The van der Waals surface area contributed by atoms with Gasteiger partial charge in [0.2, 0.25) is 0 Å². The summed E-state index contributed by atoms with van der Waals surface area (Å²) in [4.78, 5) is 0. The third-order valence-electron chi connectivity index (χ3n) is 10.0. The molecule has 8 aromatic rings. The van der Waals surface area contributed by atoms with Crippen molar-refractivity contribution in [3.05, 3.63) is 143 Å². The zero-order valence-electron chi connectivity index (χ0n) is 29.4. The normalized spacial score (nSPS) is 13.2. The quantitative estimate of drug-likeness (QED) is 0.163. The molecule has 0 aliphatic carbocycles. The number of alkyl halides is 15. The van der Waals surface area contributed by atoms with Gasteiger partial charge in [-0.25, -0.2) is 0 Å². The lowest BCUT2D eigenvalue weighted by atomic mass is 9.97. The van der Waals surface area contributed by atoms with Crippen LogP contribution in [0, 0.1) is 11.3 Å². The molecule has 0 fully saturated rings. The van der Waals surface area contributed by atoms with Crippen molar-refractivity contribution >= 4 is 43.6 Å². The van der Waals surface area contributed by atoms with E-state index in [4.69, 9.17) is 0 Å². The second-order valence-corrected chi connectivity index (χ2v) is 13.7. The predicted molar refractivity (Wildman–Crippen MR) is 190 cm³/mol. The smallest absolute Gasteiger partial charge is 0.309 e. The Morgan fingerprint density at radius 3 is 1.08 bits per heavy atom. The van der Waals surface area contributed by atoms with E-state index in [1.807, 2.05) is 6.07 Å². The van der Waals surface area contributed by atoms with Crippen LogP contribution in [0.1, 0.15) is 33.4 Å². The van der Waals surface area contributed by atoms with E-state index in [1.165, 1.54) is 18.2 Å². The summed E-state index contributed by atoms with van der Waals surface area (Å²) in [6.07, 6.45) is -25.8. The molecule has 6 aromatic carbocycles. The van der Waals surface area contributed by atoms with Crippen molar-refractivity contribution in [1.29, 1.82) is 5.26 Å². The average Bonchev–Trinajstić information content (AvgIpc) is 3.67. The lowest BCUT2D eigenvalue weighted by molar-refractivity contribution is -0.138. The average molecular weight is 850 g/mol. The van der Waals surface area contributed by atoms with E-state index >= 15 is 13.2 Å². The van der Waals surface area contributed by atoms with Crippen LogP contribution in [0.4, 0.5) is 65.9 Å². The Labute approximate surface area is 325 Å². The number of fused-ring (bicyclic) bond motifs is 6. The minimum atomic E-state index is -5.55. The van der Waals surface area contributed by atoms with Crippen molar-refractivity contribution in [3.63, 3.8) is 0 Å². The van der Waals surface area contributed by atoms with Gasteiger partial charge < -0.3 is 9.13 Å².